The van der Waals surface area contributed by atoms with E-state index in [1.54, 1.807) is 0 Å². The van der Waals surface area contributed by atoms with Gasteiger partial charge in [-0.2, -0.15) is 13.2 Å². The predicted molar refractivity (Wildman–Crippen MR) is 107 cm³/mol. The molecular formula is C23H35F3O2. The molecule has 0 aliphatic carbocycles. The van der Waals surface area contributed by atoms with Crippen molar-refractivity contribution in [3.05, 3.63) is 35.4 Å². The van der Waals surface area contributed by atoms with Crippen LogP contribution >= 0.6 is 0 Å². The fourth-order valence-corrected chi connectivity index (χ4v) is 3.28. The number of rotatable bonds is 14. The molecule has 0 aliphatic heterocycles. The van der Waals surface area contributed by atoms with Crippen molar-refractivity contribution in [2.75, 3.05) is 0 Å². The summed E-state index contributed by atoms with van der Waals surface area (Å²) in [7, 11) is 0. The van der Waals surface area contributed by atoms with Gasteiger partial charge in [-0.25, -0.2) is 4.79 Å². The van der Waals surface area contributed by atoms with E-state index in [1.807, 2.05) is 6.92 Å². The van der Waals surface area contributed by atoms with Crippen molar-refractivity contribution in [2.24, 2.45) is 0 Å². The fraction of sp³-hybridized carbons (Fsp3) is 0.696. The van der Waals surface area contributed by atoms with Gasteiger partial charge < -0.3 is 4.74 Å². The first-order valence-electron chi connectivity index (χ1n) is 10.8. The summed E-state index contributed by atoms with van der Waals surface area (Å²) in [4.78, 5) is 12.2. The monoisotopic (exact) mass is 400 g/mol. The first-order chi connectivity index (χ1) is 13.4. The average molecular weight is 401 g/mol. The highest BCUT2D eigenvalue weighted by Crippen LogP contribution is 2.29. The summed E-state index contributed by atoms with van der Waals surface area (Å²) in [5, 5.41) is 0. The molecule has 0 aromatic heterocycles. The molecule has 0 aliphatic rings. The van der Waals surface area contributed by atoms with Crippen molar-refractivity contribution in [1.82, 2.24) is 0 Å². The highest BCUT2D eigenvalue weighted by Gasteiger charge is 2.30. The quantitative estimate of drug-likeness (QED) is 0.234. The lowest BCUT2D eigenvalue weighted by Gasteiger charge is -2.17. The van der Waals surface area contributed by atoms with Crippen molar-refractivity contribution in [2.45, 2.75) is 103 Å². The van der Waals surface area contributed by atoms with Crippen LogP contribution in [0.25, 0.3) is 0 Å². The lowest BCUT2D eigenvalue weighted by Crippen LogP contribution is -2.18. The van der Waals surface area contributed by atoms with Gasteiger partial charge >= 0.3 is 12.1 Å². The van der Waals surface area contributed by atoms with E-state index in [-0.39, 0.29) is 11.7 Å². The molecule has 0 saturated heterocycles. The standard InChI is InChI=1S/C23H35F3O2/c1-3-5-6-7-8-9-10-11-12-14-21(13-4-2)28-22(27)19-15-17-20(18-16-19)23(24,25)26/h15-18,21H,3-14H2,1-2H3. The minimum absolute atomic E-state index is 0.163. The van der Waals surface area contributed by atoms with Crippen LogP contribution in [0.5, 0.6) is 0 Å². The van der Waals surface area contributed by atoms with Crippen molar-refractivity contribution in [1.29, 1.82) is 0 Å². The molecule has 1 unspecified atom stereocenters. The molecule has 0 fully saturated rings. The molecule has 1 aromatic rings. The minimum Gasteiger partial charge on any atom is -0.459 e. The lowest BCUT2D eigenvalue weighted by molar-refractivity contribution is -0.137. The van der Waals surface area contributed by atoms with E-state index < -0.39 is 17.7 Å². The number of halogens is 3. The summed E-state index contributed by atoms with van der Waals surface area (Å²) in [5.74, 6) is -0.539. The van der Waals surface area contributed by atoms with Gasteiger partial charge in [-0.05, 0) is 43.5 Å². The van der Waals surface area contributed by atoms with Gasteiger partial charge in [0.05, 0.1) is 11.1 Å². The van der Waals surface area contributed by atoms with Crippen molar-refractivity contribution in [3.8, 4) is 0 Å². The Bertz CT molecular complexity index is 538. The van der Waals surface area contributed by atoms with E-state index in [4.69, 9.17) is 4.74 Å². The molecule has 1 atom stereocenters. The molecule has 2 nitrogen and oxygen atoms in total. The number of ether oxygens (including phenoxy) is 1. The molecule has 0 heterocycles. The van der Waals surface area contributed by atoms with Gasteiger partial charge in [0.25, 0.3) is 0 Å². The SMILES string of the molecule is CCCCCCCCCCCC(CCC)OC(=O)c1ccc(C(F)(F)F)cc1. The normalized spacial score (nSPS) is 12.8. The minimum atomic E-state index is -4.40. The second-order valence-electron chi connectivity index (χ2n) is 7.51. The zero-order valence-electron chi connectivity index (χ0n) is 17.3. The summed E-state index contributed by atoms with van der Waals surface area (Å²) in [6.45, 7) is 4.26. The Morgan fingerprint density at radius 1 is 0.821 bits per heavy atom. The topological polar surface area (TPSA) is 26.3 Å². The Morgan fingerprint density at radius 2 is 1.36 bits per heavy atom. The molecule has 0 N–H and O–H groups in total. The third-order valence-electron chi connectivity index (χ3n) is 4.96. The molecule has 28 heavy (non-hydrogen) atoms. The molecular weight excluding hydrogens is 365 g/mol. The van der Waals surface area contributed by atoms with Crippen LogP contribution in [0.2, 0.25) is 0 Å². The Kier molecular flexibility index (Phi) is 11.9. The van der Waals surface area contributed by atoms with Gasteiger partial charge in [-0.1, -0.05) is 71.6 Å². The second kappa shape index (κ2) is 13.6. The molecule has 0 amide bonds. The highest BCUT2D eigenvalue weighted by atomic mass is 19.4. The molecule has 1 rings (SSSR count). The molecule has 0 radical (unpaired) electrons. The average Bonchev–Trinajstić information content (AvgIpc) is 2.66. The van der Waals surface area contributed by atoms with Gasteiger partial charge in [0.15, 0.2) is 0 Å². The van der Waals surface area contributed by atoms with Crippen molar-refractivity contribution >= 4 is 5.97 Å². The van der Waals surface area contributed by atoms with Crippen LogP contribution in [0.15, 0.2) is 24.3 Å². The van der Waals surface area contributed by atoms with Gasteiger partial charge in [0.1, 0.15) is 6.10 Å². The maximum atomic E-state index is 12.6. The van der Waals surface area contributed by atoms with Gasteiger partial charge in [-0.15, -0.1) is 0 Å². The summed E-state index contributed by atoms with van der Waals surface area (Å²) in [6.07, 6.45) is 9.08. The van der Waals surface area contributed by atoms with Crippen LogP contribution in [0, 0.1) is 0 Å². The van der Waals surface area contributed by atoms with Crippen molar-refractivity contribution in [3.63, 3.8) is 0 Å². The molecule has 5 heteroatoms. The van der Waals surface area contributed by atoms with Gasteiger partial charge in [0, 0.05) is 0 Å². The van der Waals surface area contributed by atoms with Crippen LogP contribution in [-0.2, 0) is 10.9 Å². The molecule has 160 valence electrons. The third kappa shape index (κ3) is 10.1. The highest BCUT2D eigenvalue weighted by molar-refractivity contribution is 5.89. The Labute approximate surface area is 167 Å². The zero-order chi connectivity index (χ0) is 20.8. The number of unbranched alkanes of at least 4 members (excludes halogenated alkanes) is 8. The van der Waals surface area contributed by atoms with Crippen LogP contribution in [-0.4, -0.2) is 12.1 Å². The Hall–Kier alpha value is -1.52. The van der Waals surface area contributed by atoms with Crippen LogP contribution in [0.3, 0.4) is 0 Å². The molecule has 0 bridgehead atoms. The number of carbonyl (C=O) groups excluding carboxylic acids is 1. The summed E-state index contributed by atoms with van der Waals surface area (Å²) in [6, 6.07) is 4.22. The summed E-state index contributed by atoms with van der Waals surface area (Å²) < 4.78 is 43.4. The van der Waals surface area contributed by atoms with E-state index in [0.29, 0.717) is 0 Å². The third-order valence-corrected chi connectivity index (χ3v) is 4.96. The number of carbonyl (C=O) groups is 1. The Balaban J connectivity index is 2.34. The predicted octanol–water partition coefficient (Wildman–Crippen LogP) is 7.95. The summed E-state index contributed by atoms with van der Waals surface area (Å²) >= 11 is 0. The van der Waals surface area contributed by atoms with Crippen molar-refractivity contribution < 1.29 is 22.7 Å². The molecule has 0 saturated carbocycles. The maximum Gasteiger partial charge on any atom is 0.416 e. The fourth-order valence-electron chi connectivity index (χ4n) is 3.28. The Morgan fingerprint density at radius 3 is 1.86 bits per heavy atom. The first kappa shape index (κ1) is 24.5. The first-order valence-corrected chi connectivity index (χ1v) is 10.8. The second-order valence-corrected chi connectivity index (χ2v) is 7.51. The van der Waals surface area contributed by atoms with Gasteiger partial charge in [0.2, 0.25) is 0 Å². The van der Waals surface area contributed by atoms with Crippen LogP contribution < -0.4 is 0 Å². The number of benzene rings is 1. The number of esters is 1. The molecule has 0 spiro atoms. The maximum absolute atomic E-state index is 12.6. The van der Waals surface area contributed by atoms with E-state index >= 15 is 0 Å². The number of alkyl halides is 3. The lowest BCUT2D eigenvalue weighted by atomic mass is 10.0. The van der Waals surface area contributed by atoms with E-state index in [0.717, 1.165) is 44.2 Å². The number of hydrogen-bond acceptors (Lipinski definition) is 2. The van der Waals surface area contributed by atoms with E-state index in [2.05, 4.69) is 6.92 Å². The largest absolute Gasteiger partial charge is 0.459 e. The van der Waals surface area contributed by atoms with Crippen LogP contribution in [0.4, 0.5) is 13.2 Å². The van der Waals surface area contributed by atoms with E-state index in [1.165, 1.54) is 57.1 Å². The van der Waals surface area contributed by atoms with Gasteiger partial charge in [-0.3, -0.25) is 0 Å². The smallest absolute Gasteiger partial charge is 0.416 e. The summed E-state index contributed by atoms with van der Waals surface area (Å²) in [5.41, 5.74) is -0.593. The molecule has 1 aromatic carbocycles. The van der Waals surface area contributed by atoms with Crippen LogP contribution in [0.1, 0.15) is 107 Å². The zero-order valence-corrected chi connectivity index (χ0v) is 17.3. The van der Waals surface area contributed by atoms with E-state index in [9.17, 15) is 18.0 Å². The number of hydrogen-bond donors (Lipinski definition) is 0.